The third-order valence-electron chi connectivity index (χ3n) is 4.22. The fourth-order valence-electron chi connectivity index (χ4n) is 3.44. The van der Waals surface area contributed by atoms with E-state index in [1.54, 1.807) is 0 Å². The predicted molar refractivity (Wildman–Crippen MR) is 84.6 cm³/mol. The summed E-state index contributed by atoms with van der Waals surface area (Å²) in [5.74, 6) is 1.58. The molecule has 1 aliphatic heterocycles. The molecule has 0 aromatic carbocycles. The highest BCUT2D eigenvalue weighted by molar-refractivity contribution is 7.12. The highest BCUT2D eigenvalue weighted by Crippen LogP contribution is 2.34. The third kappa shape index (κ3) is 3.59. The first-order valence-corrected chi connectivity index (χ1v) is 8.38. The lowest BCUT2D eigenvalue weighted by molar-refractivity contribution is 0.0827. The molecule has 1 aromatic rings. The zero-order chi connectivity index (χ0) is 14.0. The average Bonchev–Trinajstić information content (AvgIpc) is 2.74. The Morgan fingerprint density at radius 2 is 1.95 bits per heavy atom. The van der Waals surface area contributed by atoms with Crippen molar-refractivity contribution >= 4 is 11.3 Å². The fourth-order valence-corrected chi connectivity index (χ4v) is 4.52. The van der Waals surface area contributed by atoms with Crippen LogP contribution in [0.1, 0.15) is 49.4 Å². The third-order valence-corrected chi connectivity index (χ3v) is 5.29. The maximum atomic E-state index is 6.45. The molecular formula is C16H28N2S. The molecule has 2 N–H and O–H groups in total. The lowest BCUT2D eigenvalue weighted by Gasteiger charge is -2.42. The van der Waals surface area contributed by atoms with Gasteiger partial charge >= 0.3 is 0 Å². The summed E-state index contributed by atoms with van der Waals surface area (Å²) in [4.78, 5) is 5.48. The molecule has 4 unspecified atom stereocenters. The summed E-state index contributed by atoms with van der Waals surface area (Å²) in [5.41, 5.74) is 6.45. The topological polar surface area (TPSA) is 29.3 Å². The van der Waals surface area contributed by atoms with Gasteiger partial charge in [0.25, 0.3) is 0 Å². The molecule has 2 rings (SSSR count). The first kappa shape index (κ1) is 15.0. The molecule has 2 nitrogen and oxygen atoms in total. The standard InChI is InChI=1S/C16H28N2S/c1-5-14(17)16(15-7-6-13(4)19-15)18-9-11(2)8-12(3)10-18/h6-7,11-12,14,16H,5,8-10,17H2,1-4H3. The van der Waals surface area contributed by atoms with Crippen molar-refractivity contribution in [3.05, 3.63) is 21.9 Å². The minimum absolute atomic E-state index is 0.246. The van der Waals surface area contributed by atoms with Crippen LogP contribution in [0.15, 0.2) is 12.1 Å². The largest absolute Gasteiger partial charge is 0.326 e. The smallest absolute Gasteiger partial charge is 0.0593 e. The highest BCUT2D eigenvalue weighted by Gasteiger charge is 2.32. The Morgan fingerprint density at radius 3 is 2.42 bits per heavy atom. The quantitative estimate of drug-likeness (QED) is 0.908. The minimum Gasteiger partial charge on any atom is -0.326 e. The first-order valence-electron chi connectivity index (χ1n) is 7.57. The Balaban J connectivity index is 2.22. The average molecular weight is 280 g/mol. The van der Waals surface area contributed by atoms with Crippen molar-refractivity contribution in [1.82, 2.24) is 4.90 Å². The zero-order valence-corrected chi connectivity index (χ0v) is 13.5. The molecule has 1 aromatic heterocycles. The Labute approximate surface area is 122 Å². The summed E-state index contributed by atoms with van der Waals surface area (Å²) in [6.07, 6.45) is 2.40. The van der Waals surface area contributed by atoms with Gasteiger partial charge in [0.15, 0.2) is 0 Å². The molecule has 2 heterocycles. The summed E-state index contributed by atoms with van der Waals surface area (Å²) in [5, 5.41) is 0. The molecule has 1 saturated heterocycles. The van der Waals surface area contributed by atoms with Gasteiger partial charge in [-0.15, -0.1) is 11.3 Å². The van der Waals surface area contributed by atoms with E-state index in [1.165, 1.54) is 29.3 Å². The maximum Gasteiger partial charge on any atom is 0.0593 e. The van der Waals surface area contributed by atoms with E-state index < -0.39 is 0 Å². The van der Waals surface area contributed by atoms with Crippen molar-refractivity contribution in [3.8, 4) is 0 Å². The van der Waals surface area contributed by atoms with E-state index in [4.69, 9.17) is 5.73 Å². The van der Waals surface area contributed by atoms with Gasteiger partial charge in [-0.05, 0) is 43.7 Å². The van der Waals surface area contributed by atoms with Crippen LogP contribution < -0.4 is 5.73 Å². The second-order valence-electron chi connectivity index (χ2n) is 6.37. The highest BCUT2D eigenvalue weighted by atomic mass is 32.1. The van der Waals surface area contributed by atoms with Crippen LogP contribution >= 0.6 is 11.3 Å². The number of piperidine rings is 1. The van der Waals surface area contributed by atoms with Crippen molar-refractivity contribution in [2.24, 2.45) is 17.6 Å². The summed E-state index contributed by atoms with van der Waals surface area (Å²) < 4.78 is 0. The van der Waals surface area contributed by atoms with Crippen LogP contribution in [0.2, 0.25) is 0 Å². The number of likely N-dealkylation sites (tertiary alicyclic amines) is 1. The number of hydrogen-bond acceptors (Lipinski definition) is 3. The summed E-state index contributed by atoms with van der Waals surface area (Å²) in [6, 6.07) is 5.17. The van der Waals surface area contributed by atoms with Gasteiger partial charge in [0.05, 0.1) is 6.04 Å². The zero-order valence-electron chi connectivity index (χ0n) is 12.7. The number of nitrogens with two attached hydrogens (primary N) is 1. The Morgan fingerprint density at radius 1 is 1.32 bits per heavy atom. The number of hydrogen-bond donors (Lipinski definition) is 1. The Bertz CT molecular complexity index is 391. The number of nitrogens with zero attached hydrogens (tertiary/aromatic N) is 1. The van der Waals surface area contributed by atoms with E-state index in [2.05, 4.69) is 44.7 Å². The van der Waals surface area contributed by atoms with Crippen LogP contribution in [0.5, 0.6) is 0 Å². The van der Waals surface area contributed by atoms with Gasteiger partial charge in [-0.1, -0.05) is 20.8 Å². The lowest BCUT2D eigenvalue weighted by Crippen LogP contribution is -2.47. The van der Waals surface area contributed by atoms with Gasteiger partial charge in [-0.2, -0.15) is 0 Å². The molecule has 0 spiro atoms. The van der Waals surface area contributed by atoms with Gasteiger partial charge in [-0.3, -0.25) is 4.90 Å². The molecular weight excluding hydrogens is 252 g/mol. The molecule has 0 saturated carbocycles. The van der Waals surface area contributed by atoms with E-state index in [-0.39, 0.29) is 6.04 Å². The predicted octanol–water partition coefficient (Wildman–Crippen LogP) is 3.81. The molecule has 0 radical (unpaired) electrons. The van der Waals surface area contributed by atoms with Gasteiger partial charge in [-0.25, -0.2) is 0 Å². The van der Waals surface area contributed by atoms with Crippen molar-refractivity contribution in [2.75, 3.05) is 13.1 Å². The van der Waals surface area contributed by atoms with E-state index in [0.717, 1.165) is 18.3 Å². The second-order valence-corrected chi connectivity index (χ2v) is 7.68. The van der Waals surface area contributed by atoms with E-state index in [1.807, 2.05) is 11.3 Å². The molecule has 0 aliphatic carbocycles. The summed E-state index contributed by atoms with van der Waals surface area (Å²) in [7, 11) is 0. The molecule has 108 valence electrons. The van der Waals surface area contributed by atoms with Crippen LogP contribution in [0, 0.1) is 18.8 Å². The number of aryl methyl sites for hydroxylation is 1. The van der Waals surface area contributed by atoms with Crippen LogP contribution in [-0.2, 0) is 0 Å². The first-order chi connectivity index (χ1) is 9.01. The molecule has 1 fully saturated rings. The van der Waals surface area contributed by atoms with E-state index >= 15 is 0 Å². The van der Waals surface area contributed by atoms with E-state index in [0.29, 0.717) is 6.04 Å². The fraction of sp³-hybridized carbons (Fsp3) is 0.750. The SMILES string of the molecule is CCC(N)C(c1ccc(C)s1)N1CC(C)CC(C)C1. The molecule has 4 atom stereocenters. The molecule has 19 heavy (non-hydrogen) atoms. The Kier molecular flexibility index (Phi) is 5.04. The van der Waals surface area contributed by atoms with Gasteiger partial charge in [0.2, 0.25) is 0 Å². The van der Waals surface area contributed by atoms with Crippen LogP contribution in [0.4, 0.5) is 0 Å². The summed E-state index contributed by atoms with van der Waals surface area (Å²) in [6.45, 7) is 11.5. The van der Waals surface area contributed by atoms with Crippen LogP contribution in [-0.4, -0.2) is 24.0 Å². The van der Waals surface area contributed by atoms with Crippen molar-refractivity contribution in [2.45, 2.75) is 52.6 Å². The monoisotopic (exact) mass is 280 g/mol. The minimum atomic E-state index is 0.246. The van der Waals surface area contributed by atoms with Crippen LogP contribution in [0.25, 0.3) is 0 Å². The van der Waals surface area contributed by atoms with Crippen molar-refractivity contribution in [1.29, 1.82) is 0 Å². The van der Waals surface area contributed by atoms with Gasteiger partial charge in [0.1, 0.15) is 0 Å². The van der Waals surface area contributed by atoms with Crippen molar-refractivity contribution in [3.63, 3.8) is 0 Å². The number of rotatable bonds is 4. The van der Waals surface area contributed by atoms with Crippen LogP contribution in [0.3, 0.4) is 0 Å². The summed E-state index contributed by atoms with van der Waals surface area (Å²) >= 11 is 1.91. The maximum absolute atomic E-state index is 6.45. The molecule has 3 heteroatoms. The van der Waals surface area contributed by atoms with Gasteiger partial charge in [0, 0.05) is 28.9 Å². The normalized spacial score (nSPS) is 28.3. The molecule has 0 bridgehead atoms. The Hall–Kier alpha value is -0.380. The second kappa shape index (κ2) is 6.38. The van der Waals surface area contributed by atoms with E-state index in [9.17, 15) is 0 Å². The lowest BCUT2D eigenvalue weighted by atomic mass is 9.89. The number of thiophene rings is 1. The molecule has 1 aliphatic rings. The molecule has 0 amide bonds. The van der Waals surface area contributed by atoms with Crippen molar-refractivity contribution < 1.29 is 0 Å². The van der Waals surface area contributed by atoms with Gasteiger partial charge < -0.3 is 5.73 Å².